The van der Waals surface area contributed by atoms with Crippen LogP contribution in [0.4, 0.5) is 4.79 Å². The van der Waals surface area contributed by atoms with Crippen LogP contribution in [0.25, 0.3) is 0 Å². The molecule has 1 N–H and O–H groups in total. The molecule has 1 aromatic rings. The minimum Gasteiger partial charge on any atom is -0.550 e. The van der Waals surface area contributed by atoms with Crippen molar-refractivity contribution in [3.05, 3.63) is 34.9 Å². The van der Waals surface area contributed by atoms with Crippen molar-refractivity contribution in [1.29, 1.82) is 0 Å². The third-order valence-corrected chi connectivity index (χ3v) is 4.04. The summed E-state index contributed by atoms with van der Waals surface area (Å²) >= 11 is 5.84. The van der Waals surface area contributed by atoms with E-state index in [2.05, 4.69) is 5.32 Å². The molecule has 30 heavy (non-hydrogen) atoms. The van der Waals surface area contributed by atoms with Gasteiger partial charge in [0.1, 0.15) is 0 Å². The van der Waals surface area contributed by atoms with Gasteiger partial charge in [-0.2, -0.15) is 0 Å². The summed E-state index contributed by atoms with van der Waals surface area (Å²) in [5.41, 5.74) is 0.630. The predicted molar refractivity (Wildman–Crippen MR) is 101 cm³/mol. The zero-order valence-electron chi connectivity index (χ0n) is 17.6. The number of ether oxygens (including phenoxy) is 4. The number of hydrogen-bond acceptors (Lipinski definition) is 8. The maximum Gasteiger partial charge on any atom is 1.00 e. The van der Waals surface area contributed by atoms with Crippen molar-refractivity contribution in [3.63, 3.8) is 0 Å². The zero-order chi connectivity index (χ0) is 21.9. The molecule has 1 unspecified atom stereocenters. The number of amides is 1. The SMILES string of the molecule is CCOC(C)(OCC)C(=O)OCOC(=O)NC(CCC(=O)[O-])c1ccc(Cl)cc1.[Na+]. The van der Waals surface area contributed by atoms with Gasteiger partial charge in [0, 0.05) is 31.1 Å². The molecule has 0 radical (unpaired) electrons. The molecule has 1 amide bonds. The summed E-state index contributed by atoms with van der Waals surface area (Å²) in [5, 5.41) is 13.8. The van der Waals surface area contributed by atoms with Gasteiger partial charge in [-0.3, -0.25) is 0 Å². The van der Waals surface area contributed by atoms with Crippen molar-refractivity contribution < 1.29 is 68.0 Å². The van der Waals surface area contributed by atoms with Crippen molar-refractivity contribution >= 4 is 29.6 Å². The van der Waals surface area contributed by atoms with Crippen LogP contribution in [0.5, 0.6) is 0 Å². The summed E-state index contributed by atoms with van der Waals surface area (Å²) in [7, 11) is 0. The number of halogens is 1. The van der Waals surface area contributed by atoms with Gasteiger partial charge in [-0.15, -0.1) is 0 Å². The van der Waals surface area contributed by atoms with Crippen LogP contribution >= 0.6 is 11.6 Å². The summed E-state index contributed by atoms with van der Waals surface area (Å²) in [4.78, 5) is 34.9. The molecule has 1 atom stereocenters. The number of carbonyl (C=O) groups is 3. The van der Waals surface area contributed by atoms with Gasteiger partial charge < -0.3 is 34.2 Å². The van der Waals surface area contributed by atoms with Crippen LogP contribution < -0.4 is 40.0 Å². The Kier molecular flexibility index (Phi) is 13.9. The number of carboxylic acid groups (broad SMARTS) is 1. The molecule has 0 aromatic heterocycles. The quantitative estimate of drug-likeness (QED) is 0.241. The Morgan fingerprint density at radius 2 is 1.67 bits per heavy atom. The molecule has 0 spiro atoms. The number of hydrogen-bond donors (Lipinski definition) is 1. The first-order valence-electron chi connectivity index (χ1n) is 9.05. The van der Waals surface area contributed by atoms with Crippen LogP contribution in [0.3, 0.4) is 0 Å². The van der Waals surface area contributed by atoms with Crippen LogP contribution in [0.1, 0.15) is 45.2 Å². The second kappa shape index (κ2) is 14.6. The van der Waals surface area contributed by atoms with Crippen LogP contribution in [-0.4, -0.2) is 43.8 Å². The number of rotatable bonds is 12. The van der Waals surface area contributed by atoms with E-state index in [9.17, 15) is 19.5 Å². The van der Waals surface area contributed by atoms with E-state index in [1.54, 1.807) is 38.1 Å². The molecule has 0 fully saturated rings. The fourth-order valence-electron chi connectivity index (χ4n) is 2.44. The second-order valence-electron chi connectivity index (χ2n) is 5.95. The summed E-state index contributed by atoms with van der Waals surface area (Å²) < 4.78 is 20.2. The van der Waals surface area contributed by atoms with E-state index >= 15 is 0 Å². The topological polar surface area (TPSA) is 123 Å². The predicted octanol–water partition coefficient (Wildman–Crippen LogP) is -1.07. The van der Waals surface area contributed by atoms with Crippen molar-refractivity contribution in [2.75, 3.05) is 20.0 Å². The van der Waals surface area contributed by atoms with Gasteiger partial charge in [-0.05, 0) is 44.4 Å². The number of alkyl carbamates (subject to hydrolysis) is 1. The summed E-state index contributed by atoms with van der Waals surface area (Å²) in [5.74, 6) is -3.71. The monoisotopic (exact) mass is 453 g/mol. The Hall–Kier alpha value is -1.36. The molecule has 0 bridgehead atoms. The molecule has 0 heterocycles. The van der Waals surface area contributed by atoms with E-state index < -0.39 is 36.7 Å². The Bertz CT molecular complexity index is 680. The average molecular weight is 454 g/mol. The van der Waals surface area contributed by atoms with Gasteiger partial charge in [0.15, 0.2) is 0 Å². The normalized spacial score (nSPS) is 11.7. The number of aliphatic carboxylic acids is 1. The van der Waals surface area contributed by atoms with Gasteiger partial charge in [0.05, 0.1) is 6.04 Å². The van der Waals surface area contributed by atoms with E-state index in [1.165, 1.54) is 6.92 Å². The molecular formula is C19H25ClNNaO8. The Morgan fingerprint density at radius 1 is 1.10 bits per heavy atom. The molecule has 0 saturated heterocycles. The molecule has 9 nitrogen and oxygen atoms in total. The fourth-order valence-corrected chi connectivity index (χ4v) is 2.57. The van der Waals surface area contributed by atoms with Crippen molar-refractivity contribution in [3.8, 4) is 0 Å². The minimum absolute atomic E-state index is 0. The molecule has 0 aliphatic heterocycles. The molecule has 162 valence electrons. The van der Waals surface area contributed by atoms with Crippen molar-refractivity contribution in [2.45, 2.75) is 45.4 Å². The fraction of sp³-hybridized carbons (Fsp3) is 0.526. The third-order valence-electron chi connectivity index (χ3n) is 3.79. The Balaban J connectivity index is 0.00000841. The van der Waals surface area contributed by atoms with Crippen LogP contribution in [0.2, 0.25) is 5.02 Å². The maximum absolute atomic E-state index is 12.1. The van der Waals surface area contributed by atoms with Gasteiger partial charge >= 0.3 is 41.6 Å². The Morgan fingerprint density at radius 3 is 2.17 bits per heavy atom. The van der Waals surface area contributed by atoms with Crippen molar-refractivity contribution in [2.24, 2.45) is 0 Å². The van der Waals surface area contributed by atoms with E-state index in [0.29, 0.717) is 10.6 Å². The smallest absolute Gasteiger partial charge is 0.550 e. The number of esters is 1. The summed E-state index contributed by atoms with van der Waals surface area (Å²) in [6.07, 6.45) is -1.10. The Labute approximate surface area is 202 Å². The van der Waals surface area contributed by atoms with Gasteiger partial charge in [0.2, 0.25) is 6.79 Å². The molecule has 0 aliphatic rings. The summed E-state index contributed by atoms with van der Waals surface area (Å²) in [6.45, 7) is 4.55. The minimum atomic E-state index is -1.61. The average Bonchev–Trinajstić information content (AvgIpc) is 2.66. The van der Waals surface area contributed by atoms with Crippen molar-refractivity contribution in [1.82, 2.24) is 5.32 Å². The van der Waals surface area contributed by atoms with E-state index in [-0.39, 0.29) is 55.6 Å². The molecule has 11 heteroatoms. The van der Waals surface area contributed by atoms with Gasteiger partial charge in [-0.1, -0.05) is 23.7 Å². The standard InChI is InChI=1S/C19H26ClNO8.Na/c1-4-28-19(3,29-5-2)17(24)26-12-27-18(25)21-15(10-11-16(22)23)13-6-8-14(20)9-7-13;/h6-9,15H,4-5,10-12H2,1-3H3,(H,21,25)(H,22,23);/q;+1/p-1. The van der Waals surface area contributed by atoms with Crippen LogP contribution in [0, 0.1) is 0 Å². The number of benzene rings is 1. The second-order valence-corrected chi connectivity index (χ2v) is 6.39. The molecule has 0 saturated carbocycles. The number of nitrogens with one attached hydrogen (secondary N) is 1. The molecular weight excluding hydrogens is 429 g/mol. The molecule has 0 aliphatic carbocycles. The molecule has 1 rings (SSSR count). The first-order valence-corrected chi connectivity index (χ1v) is 9.43. The largest absolute Gasteiger partial charge is 1.00 e. The van der Waals surface area contributed by atoms with E-state index in [1.807, 2.05) is 0 Å². The van der Waals surface area contributed by atoms with Crippen LogP contribution in [0.15, 0.2) is 24.3 Å². The molecule has 1 aromatic carbocycles. The third kappa shape index (κ3) is 10.1. The van der Waals surface area contributed by atoms with Gasteiger partial charge in [0.25, 0.3) is 5.79 Å². The van der Waals surface area contributed by atoms with E-state index in [0.717, 1.165) is 0 Å². The van der Waals surface area contributed by atoms with Crippen LogP contribution in [-0.2, 0) is 28.5 Å². The van der Waals surface area contributed by atoms with E-state index in [4.69, 9.17) is 30.5 Å². The first kappa shape index (κ1) is 28.6. The number of carboxylic acids is 1. The van der Waals surface area contributed by atoms with Gasteiger partial charge in [-0.25, -0.2) is 9.59 Å². The first-order chi connectivity index (χ1) is 13.7. The maximum atomic E-state index is 12.1. The number of carbonyl (C=O) groups excluding carboxylic acids is 3. The zero-order valence-corrected chi connectivity index (χ0v) is 20.3. The summed E-state index contributed by atoms with van der Waals surface area (Å²) in [6, 6.07) is 5.86.